The van der Waals surface area contributed by atoms with Crippen LogP contribution in [0.1, 0.15) is 10.5 Å². The third-order valence-electron chi connectivity index (χ3n) is 3.31. The highest BCUT2D eigenvalue weighted by Crippen LogP contribution is 2.29. The van der Waals surface area contributed by atoms with E-state index in [4.69, 9.17) is 16.3 Å². The number of rotatable bonds is 4. The zero-order chi connectivity index (χ0) is 16.3. The molecule has 6 heteroatoms. The van der Waals surface area contributed by atoms with Crippen molar-refractivity contribution >= 4 is 28.9 Å². The summed E-state index contributed by atoms with van der Waals surface area (Å²) in [5.74, 6) is 0.365. The highest BCUT2D eigenvalue weighted by atomic mass is 35.5. The fraction of sp³-hybridized carbons (Fsp3) is 0.250. The minimum atomic E-state index is -0.204. The average Bonchev–Trinajstić information content (AvgIpc) is 2.53. The van der Waals surface area contributed by atoms with Gasteiger partial charge in [-0.1, -0.05) is 11.6 Å². The number of methoxy groups -OCH3 is 1. The summed E-state index contributed by atoms with van der Waals surface area (Å²) in [5, 5.41) is 0.453. The number of halogens is 1. The lowest BCUT2D eigenvalue weighted by atomic mass is 10.2. The largest absolute Gasteiger partial charge is 0.495 e. The van der Waals surface area contributed by atoms with Gasteiger partial charge in [0.25, 0.3) is 5.91 Å². The monoisotopic (exact) mass is 319 g/mol. The third-order valence-corrected chi connectivity index (χ3v) is 3.60. The van der Waals surface area contributed by atoms with Crippen molar-refractivity contribution in [1.29, 1.82) is 0 Å². The van der Waals surface area contributed by atoms with Gasteiger partial charge in [0.15, 0.2) is 0 Å². The van der Waals surface area contributed by atoms with Crippen LogP contribution in [0, 0.1) is 0 Å². The SMILES string of the molecule is COc1ccc(N(C)C(=O)c2cc(N(C)C)ccn2)cc1Cl. The zero-order valence-corrected chi connectivity index (χ0v) is 13.8. The molecule has 0 unspecified atom stereocenters. The quantitative estimate of drug-likeness (QED) is 0.868. The molecule has 0 aliphatic rings. The van der Waals surface area contributed by atoms with Gasteiger partial charge in [-0.15, -0.1) is 0 Å². The summed E-state index contributed by atoms with van der Waals surface area (Å²) in [6.45, 7) is 0. The van der Waals surface area contributed by atoms with Gasteiger partial charge >= 0.3 is 0 Å². The number of anilines is 2. The third kappa shape index (κ3) is 3.31. The van der Waals surface area contributed by atoms with Crippen LogP contribution in [0.4, 0.5) is 11.4 Å². The van der Waals surface area contributed by atoms with Crippen LogP contribution in [-0.2, 0) is 0 Å². The number of hydrogen-bond acceptors (Lipinski definition) is 4. The van der Waals surface area contributed by atoms with E-state index in [2.05, 4.69) is 4.98 Å². The van der Waals surface area contributed by atoms with E-state index in [-0.39, 0.29) is 5.91 Å². The Morgan fingerprint density at radius 2 is 1.86 bits per heavy atom. The Balaban J connectivity index is 2.29. The summed E-state index contributed by atoms with van der Waals surface area (Å²) >= 11 is 6.11. The first-order chi connectivity index (χ1) is 10.4. The van der Waals surface area contributed by atoms with Gasteiger partial charge in [0, 0.05) is 38.7 Å². The minimum absolute atomic E-state index is 0.204. The van der Waals surface area contributed by atoms with Crippen molar-refractivity contribution in [2.75, 3.05) is 38.1 Å². The molecule has 2 aromatic rings. The molecule has 0 bridgehead atoms. The number of aromatic nitrogens is 1. The molecule has 0 saturated heterocycles. The molecule has 0 aliphatic carbocycles. The fourth-order valence-corrected chi connectivity index (χ4v) is 2.22. The van der Waals surface area contributed by atoms with E-state index in [1.165, 1.54) is 4.90 Å². The first-order valence-corrected chi connectivity index (χ1v) is 7.07. The van der Waals surface area contributed by atoms with E-state index in [1.54, 1.807) is 44.6 Å². The van der Waals surface area contributed by atoms with E-state index >= 15 is 0 Å². The molecule has 0 N–H and O–H groups in total. The van der Waals surface area contributed by atoms with Crippen molar-refractivity contribution < 1.29 is 9.53 Å². The van der Waals surface area contributed by atoms with Crippen molar-refractivity contribution in [2.45, 2.75) is 0 Å². The first kappa shape index (κ1) is 16.1. The molecule has 1 heterocycles. The average molecular weight is 320 g/mol. The number of nitrogens with zero attached hydrogens (tertiary/aromatic N) is 3. The number of ether oxygens (including phenoxy) is 1. The van der Waals surface area contributed by atoms with E-state index < -0.39 is 0 Å². The van der Waals surface area contributed by atoms with Crippen molar-refractivity contribution in [3.8, 4) is 5.75 Å². The molecule has 116 valence electrons. The van der Waals surface area contributed by atoms with Gasteiger partial charge in [-0.25, -0.2) is 0 Å². The number of hydrogen-bond donors (Lipinski definition) is 0. The zero-order valence-electron chi connectivity index (χ0n) is 13.0. The second-order valence-corrected chi connectivity index (χ2v) is 5.38. The topological polar surface area (TPSA) is 45.7 Å². The lowest BCUT2D eigenvalue weighted by Gasteiger charge is -2.19. The molecule has 0 aliphatic heterocycles. The number of carbonyl (C=O) groups is 1. The summed E-state index contributed by atoms with van der Waals surface area (Å²) in [4.78, 5) is 20.1. The van der Waals surface area contributed by atoms with Crippen LogP contribution in [-0.4, -0.2) is 39.1 Å². The minimum Gasteiger partial charge on any atom is -0.495 e. The summed E-state index contributed by atoms with van der Waals surface area (Å²) in [6.07, 6.45) is 1.62. The Morgan fingerprint density at radius 3 is 2.45 bits per heavy atom. The highest BCUT2D eigenvalue weighted by Gasteiger charge is 2.16. The molecule has 22 heavy (non-hydrogen) atoms. The van der Waals surface area contributed by atoms with Crippen molar-refractivity contribution in [2.24, 2.45) is 0 Å². The highest BCUT2D eigenvalue weighted by molar-refractivity contribution is 6.32. The van der Waals surface area contributed by atoms with E-state index in [0.29, 0.717) is 22.2 Å². The maximum Gasteiger partial charge on any atom is 0.276 e. The molecule has 0 atom stereocenters. The Labute approximate surface area is 135 Å². The second kappa shape index (κ2) is 6.66. The molecule has 0 radical (unpaired) electrons. The number of benzene rings is 1. The molecule has 1 amide bonds. The predicted molar refractivity (Wildman–Crippen MR) is 89.3 cm³/mol. The maximum atomic E-state index is 12.6. The fourth-order valence-electron chi connectivity index (χ4n) is 1.97. The van der Waals surface area contributed by atoms with Crippen LogP contribution in [0.5, 0.6) is 5.75 Å². The van der Waals surface area contributed by atoms with Crippen molar-refractivity contribution in [3.05, 3.63) is 47.2 Å². The van der Waals surface area contributed by atoms with Gasteiger partial charge in [0.05, 0.1) is 12.1 Å². The van der Waals surface area contributed by atoms with Crippen LogP contribution in [0.25, 0.3) is 0 Å². The molecule has 0 saturated carbocycles. The van der Waals surface area contributed by atoms with E-state index in [1.807, 2.05) is 25.1 Å². The Kier molecular flexibility index (Phi) is 4.88. The summed E-state index contributed by atoms with van der Waals surface area (Å²) < 4.78 is 5.11. The summed E-state index contributed by atoms with van der Waals surface area (Å²) in [5.41, 5.74) is 1.97. The predicted octanol–water partition coefficient (Wildman–Crippen LogP) is 3.09. The Bertz CT molecular complexity index is 689. The van der Waals surface area contributed by atoms with Gasteiger partial charge in [0.1, 0.15) is 11.4 Å². The van der Waals surface area contributed by atoms with Gasteiger partial charge in [-0.05, 0) is 30.3 Å². The standard InChI is InChI=1S/C16H18ClN3O2/c1-19(2)11-7-8-18-14(10-11)16(21)20(3)12-5-6-15(22-4)13(17)9-12/h5-10H,1-4H3. The molecule has 1 aromatic carbocycles. The Hall–Kier alpha value is -2.27. The van der Waals surface area contributed by atoms with Crippen LogP contribution >= 0.6 is 11.6 Å². The molecule has 2 rings (SSSR count). The van der Waals surface area contributed by atoms with Crippen LogP contribution < -0.4 is 14.5 Å². The number of pyridine rings is 1. The Morgan fingerprint density at radius 1 is 1.14 bits per heavy atom. The van der Waals surface area contributed by atoms with Gasteiger partial charge in [-0.3, -0.25) is 9.78 Å². The molecule has 0 fully saturated rings. The van der Waals surface area contributed by atoms with Gasteiger partial charge < -0.3 is 14.5 Å². The van der Waals surface area contributed by atoms with Gasteiger partial charge in [-0.2, -0.15) is 0 Å². The number of carbonyl (C=O) groups excluding carboxylic acids is 1. The normalized spacial score (nSPS) is 10.2. The number of amides is 1. The van der Waals surface area contributed by atoms with Crippen molar-refractivity contribution in [3.63, 3.8) is 0 Å². The van der Waals surface area contributed by atoms with Crippen LogP contribution in [0.2, 0.25) is 5.02 Å². The molecular formula is C16H18ClN3O2. The van der Waals surface area contributed by atoms with E-state index in [0.717, 1.165) is 5.69 Å². The first-order valence-electron chi connectivity index (χ1n) is 6.69. The molecule has 0 spiro atoms. The van der Waals surface area contributed by atoms with Crippen molar-refractivity contribution in [1.82, 2.24) is 4.98 Å². The van der Waals surface area contributed by atoms with Crippen LogP contribution in [0.3, 0.4) is 0 Å². The maximum absolute atomic E-state index is 12.6. The lowest BCUT2D eigenvalue weighted by molar-refractivity contribution is 0.0988. The summed E-state index contributed by atoms with van der Waals surface area (Å²) in [7, 11) is 7.06. The molecule has 1 aromatic heterocycles. The molecule has 5 nitrogen and oxygen atoms in total. The molecular weight excluding hydrogens is 302 g/mol. The summed E-state index contributed by atoms with van der Waals surface area (Å²) in [6, 6.07) is 8.79. The van der Waals surface area contributed by atoms with Crippen LogP contribution in [0.15, 0.2) is 36.5 Å². The second-order valence-electron chi connectivity index (χ2n) is 4.98. The van der Waals surface area contributed by atoms with Gasteiger partial charge in [0.2, 0.25) is 0 Å². The van der Waals surface area contributed by atoms with E-state index in [9.17, 15) is 4.79 Å². The smallest absolute Gasteiger partial charge is 0.276 e. The lowest BCUT2D eigenvalue weighted by Crippen LogP contribution is -2.27.